The number of aryl methyl sites for hydroxylation is 1. The van der Waals surface area contributed by atoms with Gasteiger partial charge in [0.05, 0.1) is 17.1 Å². The van der Waals surface area contributed by atoms with Gasteiger partial charge in [-0.2, -0.15) is 0 Å². The fourth-order valence-electron chi connectivity index (χ4n) is 2.82. The normalized spacial score (nSPS) is 11.1. The molecule has 5 nitrogen and oxygen atoms in total. The molecule has 7 heteroatoms. The van der Waals surface area contributed by atoms with E-state index in [0.717, 1.165) is 10.4 Å². The molecular formula is C22H22N2O3S2. The van der Waals surface area contributed by atoms with Crippen molar-refractivity contribution in [3.05, 3.63) is 94.7 Å². The van der Waals surface area contributed by atoms with Crippen LogP contribution in [0.5, 0.6) is 0 Å². The molecule has 3 rings (SSSR count). The second-order valence-electron chi connectivity index (χ2n) is 6.50. The van der Waals surface area contributed by atoms with Gasteiger partial charge in [-0.05, 0) is 54.3 Å². The van der Waals surface area contributed by atoms with Gasteiger partial charge in [-0.15, -0.1) is 17.9 Å². The molecule has 0 aliphatic carbocycles. The number of nitrogens with one attached hydrogen (secondary N) is 1. The van der Waals surface area contributed by atoms with Crippen molar-refractivity contribution < 1.29 is 13.2 Å². The first kappa shape index (κ1) is 20.8. The number of carbonyl (C=O) groups is 1. The van der Waals surface area contributed by atoms with Crippen LogP contribution in [-0.2, 0) is 16.6 Å². The third-order valence-electron chi connectivity index (χ3n) is 4.36. The van der Waals surface area contributed by atoms with E-state index >= 15 is 0 Å². The molecule has 29 heavy (non-hydrogen) atoms. The Labute approximate surface area is 175 Å². The van der Waals surface area contributed by atoms with Gasteiger partial charge in [-0.1, -0.05) is 30.3 Å². The van der Waals surface area contributed by atoms with E-state index in [4.69, 9.17) is 0 Å². The summed E-state index contributed by atoms with van der Waals surface area (Å²) in [6.45, 7) is 6.45. The predicted molar refractivity (Wildman–Crippen MR) is 118 cm³/mol. The number of anilines is 1. The van der Waals surface area contributed by atoms with Gasteiger partial charge < -0.3 is 4.90 Å². The van der Waals surface area contributed by atoms with E-state index < -0.39 is 10.0 Å². The van der Waals surface area contributed by atoms with Crippen molar-refractivity contribution >= 4 is 33.0 Å². The topological polar surface area (TPSA) is 66.5 Å². The van der Waals surface area contributed by atoms with E-state index in [1.54, 1.807) is 46.6 Å². The molecule has 0 unspecified atom stereocenters. The Kier molecular flexibility index (Phi) is 6.51. The standard InChI is InChI=1S/C22H22N2O3S2/c1-3-14-24(16-19-8-6-15-28-19)22(25)18-10-12-20(13-11-18)29(26,27)23-21-9-5-4-7-17(21)2/h3-13,15,23H,1,14,16H2,2H3. The summed E-state index contributed by atoms with van der Waals surface area (Å²) in [5.41, 5.74) is 1.79. The van der Waals surface area contributed by atoms with E-state index in [1.165, 1.54) is 12.1 Å². The van der Waals surface area contributed by atoms with Crippen LogP contribution in [-0.4, -0.2) is 25.8 Å². The highest BCUT2D eigenvalue weighted by molar-refractivity contribution is 7.92. The van der Waals surface area contributed by atoms with Gasteiger partial charge in [0.1, 0.15) is 0 Å². The van der Waals surface area contributed by atoms with Crippen molar-refractivity contribution in [1.82, 2.24) is 4.90 Å². The van der Waals surface area contributed by atoms with Crippen LogP contribution in [0.1, 0.15) is 20.8 Å². The third kappa shape index (κ3) is 5.13. The molecule has 0 atom stereocenters. The minimum Gasteiger partial charge on any atom is -0.330 e. The highest BCUT2D eigenvalue weighted by Gasteiger charge is 2.19. The number of benzene rings is 2. The molecular weight excluding hydrogens is 404 g/mol. The van der Waals surface area contributed by atoms with Crippen LogP contribution in [0.3, 0.4) is 0 Å². The maximum absolute atomic E-state index is 12.9. The largest absolute Gasteiger partial charge is 0.330 e. The molecule has 1 aromatic heterocycles. The van der Waals surface area contributed by atoms with Gasteiger partial charge in [-0.3, -0.25) is 9.52 Å². The minimum atomic E-state index is -3.74. The van der Waals surface area contributed by atoms with E-state index in [9.17, 15) is 13.2 Å². The zero-order valence-corrected chi connectivity index (χ0v) is 17.7. The first-order valence-corrected chi connectivity index (χ1v) is 11.4. The van der Waals surface area contributed by atoms with Gasteiger partial charge >= 0.3 is 0 Å². The highest BCUT2D eigenvalue weighted by Crippen LogP contribution is 2.20. The van der Waals surface area contributed by atoms with Crippen LogP contribution >= 0.6 is 11.3 Å². The van der Waals surface area contributed by atoms with Crippen LogP contribution < -0.4 is 4.72 Å². The van der Waals surface area contributed by atoms with Crippen molar-refractivity contribution in [3.8, 4) is 0 Å². The van der Waals surface area contributed by atoms with E-state index in [-0.39, 0.29) is 10.8 Å². The molecule has 0 saturated heterocycles. The third-order valence-corrected chi connectivity index (χ3v) is 6.61. The van der Waals surface area contributed by atoms with Crippen molar-refractivity contribution in [3.63, 3.8) is 0 Å². The number of hydrogen-bond acceptors (Lipinski definition) is 4. The minimum absolute atomic E-state index is 0.103. The Morgan fingerprint density at radius 1 is 1.10 bits per heavy atom. The summed E-state index contributed by atoms with van der Waals surface area (Å²) in [6, 6.07) is 17.1. The number of sulfonamides is 1. The van der Waals surface area contributed by atoms with Crippen LogP contribution in [0.2, 0.25) is 0 Å². The van der Waals surface area contributed by atoms with E-state index in [1.807, 2.05) is 36.6 Å². The molecule has 1 heterocycles. The average molecular weight is 427 g/mol. The number of thiophene rings is 1. The number of para-hydroxylation sites is 1. The van der Waals surface area contributed by atoms with Gasteiger partial charge in [0.15, 0.2) is 0 Å². The van der Waals surface area contributed by atoms with Gasteiger partial charge in [0, 0.05) is 17.0 Å². The first-order chi connectivity index (χ1) is 13.9. The van der Waals surface area contributed by atoms with Gasteiger partial charge in [-0.25, -0.2) is 8.42 Å². The Hall–Kier alpha value is -2.90. The molecule has 0 bridgehead atoms. The first-order valence-electron chi connectivity index (χ1n) is 9.02. The lowest BCUT2D eigenvalue weighted by atomic mass is 10.2. The van der Waals surface area contributed by atoms with Crippen molar-refractivity contribution in [1.29, 1.82) is 0 Å². The van der Waals surface area contributed by atoms with E-state index in [2.05, 4.69) is 11.3 Å². The summed E-state index contributed by atoms with van der Waals surface area (Å²) in [6.07, 6.45) is 1.68. The summed E-state index contributed by atoms with van der Waals surface area (Å²) < 4.78 is 27.9. The van der Waals surface area contributed by atoms with Crippen molar-refractivity contribution in [2.75, 3.05) is 11.3 Å². The fraction of sp³-hybridized carbons (Fsp3) is 0.136. The molecule has 0 spiro atoms. The zero-order chi connectivity index (χ0) is 20.9. The average Bonchev–Trinajstić information content (AvgIpc) is 3.22. The summed E-state index contributed by atoms with van der Waals surface area (Å²) in [5, 5.41) is 1.97. The fourth-order valence-corrected chi connectivity index (χ4v) is 4.67. The number of rotatable bonds is 8. The molecule has 150 valence electrons. The lowest BCUT2D eigenvalue weighted by Crippen LogP contribution is -2.30. The SMILES string of the molecule is C=CCN(Cc1cccs1)C(=O)c1ccc(S(=O)(=O)Nc2ccccc2C)cc1. The lowest BCUT2D eigenvalue weighted by Gasteiger charge is -2.20. The number of nitrogens with zero attached hydrogens (tertiary/aromatic N) is 1. The number of hydrogen-bond donors (Lipinski definition) is 1. The maximum Gasteiger partial charge on any atom is 0.261 e. The number of amides is 1. The maximum atomic E-state index is 12.9. The van der Waals surface area contributed by atoms with Crippen LogP contribution in [0.25, 0.3) is 0 Å². The Morgan fingerprint density at radius 3 is 2.45 bits per heavy atom. The Balaban J connectivity index is 1.78. The highest BCUT2D eigenvalue weighted by atomic mass is 32.2. The molecule has 0 aliphatic heterocycles. The van der Waals surface area contributed by atoms with Crippen molar-refractivity contribution in [2.45, 2.75) is 18.4 Å². The Morgan fingerprint density at radius 2 is 1.83 bits per heavy atom. The molecule has 2 aromatic carbocycles. The molecule has 0 aliphatic rings. The molecule has 0 saturated carbocycles. The zero-order valence-electron chi connectivity index (χ0n) is 16.0. The lowest BCUT2D eigenvalue weighted by molar-refractivity contribution is 0.0764. The summed E-state index contributed by atoms with van der Waals surface area (Å²) in [5.74, 6) is -0.172. The molecule has 1 N–H and O–H groups in total. The van der Waals surface area contributed by atoms with Crippen LogP contribution in [0.4, 0.5) is 5.69 Å². The Bertz CT molecular complexity index is 1090. The van der Waals surface area contributed by atoms with Crippen LogP contribution in [0.15, 0.2) is 83.6 Å². The monoisotopic (exact) mass is 426 g/mol. The number of carbonyl (C=O) groups excluding carboxylic acids is 1. The summed E-state index contributed by atoms with van der Waals surface area (Å²) >= 11 is 1.58. The quantitative estimate of drug-likeness (QED) is 0.532. The van der Waals surface area contributed by atoms with Gasteiger partial charge in [0.2, 0.25) is 0 Å². The smallest absolute Gasteiger partial charge is 0.261 e. The van der Waals surface area contributed by atoms with Gasteiger partial charge in [0.25, 0.3) is 15.9 Å². The molecule has 0 radical (unpaired) electrons. The second-order valence-corrected chi connectivity index (χ2v) is 9.21. The molecule has 0 fully saturated rings. The van der Waals surface area contributed by atoms with E-state index in [0.29, 0.717) is 24.3 Å². The predicted octanol–water partition coefficient (Wildman–Crippen LogP) is 4.69. The summed E-state index contributed by atoms with van der Waals surface area (Å²) in [4.78, 5) is 15.7. The second kappa shape index (κ2) is 9.07. The summed E-state index contributed by atoms with van der Waals surface area (Å²) in [7, 11) is -3.74. The van der Waals surface area contributed by atoms with Crippen LogP contribution in [0, 0.1) is 6.92 Å². The molecule has 3 aromatic rings. The molecule has 1 amide bonds. The van der Waals surface area contributed by atoms with Crippen molar-refractivity contribution in [2.24, 2.45) is 0 Å².